The third-order valence-corrected chi connectivity index (χ3v) is 4.61. The molecule has 1 saturated heterocycles. The van der Waals surface area contributed by atoms with Crippen LogP contribution < -0.4 is 0 Å². The van der Waals surface area contributed by atoms with E-state index in [0.717, 1.165) is 38.8 Å². The number of aliphatic hydroxyl groups is 1. The lowest BCUT2D eigenvalue weighted by Crippen LogP contribution is -2.39. The smallest absolute Gasteiger partial charge is 0.225 e. The van der Waals surface area contributed by atoms with Crippen LogP contribution in [-0.2, 0) is 4.79 Å². The van der Waals surface area contributed by atoms with Gasteiger partial charge in [0.05, 0.1) is 12.0 Å². The van der Waals surface area contributed by atoms with Gasteiger partial charge in [-0.3, -0.25) is 4.79 Å². The average Bonchev–Trinajstić information content (AvgIpc) is 2.60. The first-order chi connectivity index (χ1) is 8.00. The molecule has 2 rings (SSSR count). The number of amides is 1. The highest BCUT2D eigenvalue weighted by Crippen LogP contribution is 2.32. The van der Waals surface area contributed by atoms with Crippen molar-refractivity contribution in [2.24, 2.45) is 11.8 Å². The number of hydrogen-bond acceptors (Lipinski definition) is 2. The lowest BCUT2D eigenvalue weighted by molar-refractivity contribution is -0.137. The molecule has 0 aromatic carbocycles. The van der Waals surface area contributed by atoms with Crippen LogP contribution in [0.3, 0.4) is 0 Å². The second-order valence-electron chi connectivity index (χ2n) is 6.22. The summed E-state index contributed by atoms with van der Waals surface area (Å²) in [5, 5.41) is 10.4. The van der Waals surface area contributed by atoms with Gasteiger partial charge < -0.3 is 10.0 Å². The van der Waals surface area contributed by atoms with Crippen LogP contribution in [0.15, 0.2) is 0 Å². The first-order valence-corrected chi connectivity index (χ1v) is 7.00. The monoisotopic (exact) mass is 239 g/mol. The number of carbonyl (C=O) groups is 1. The molecule has 0 aromatic rings. The van der Waals surface area contributed by atoms with Gasteiger partial charge in [-0.25, -0.2) is 0 Å². The van der Waals surface area contributed by atoms with Crippen molar-refractivity contribution in [2.75, 3.05) is 13.1 Å². The summed E-state index contributed by atoms with van der Waals surface area (Å²) in [6, 6.07) is 0. The Hall–Kier alpha value is -0.570. The second kappa shape index (κ2) is 4.97. The van der Waals surface area contributed by atoms with Crippen LogP contribution >= 0.6 is 0 Å². The third-order valence-electron chi connectivity index (χ3n) is 4.61. The number of likely N-dealkylation sites (tertiary alicyclic amines) is 1. The van der Waals surface area contributed by atoms with Gasteiger partial charge in [0, 0.05) is 13.1 Å². The number of hydrogen-bond donors (Lipinski definition) is 1. The van der Waals surface area contributed by atoms with Crippen molar-refractivity contribution in [3.05, 3.63) is 0 Å². The molecule has 1 heterocycles. The molecule has 2 unspecified atom stereocenters. The van der Waals surface area contributed by atoms with Gasteiger partial charge in [0.15, 0.2) is 0 Å². The summed E-state index contributed by atoms with van der Waals surface area (Å²) >= 11 is 0. The summed E-state index contributed by atoms with van der Waals surface area (Å²) in [6.07, 6.45) is 5.28. The maximum atomic E-state index is 12.2. The van der Waals surface area contributed by atoms with E-state index in [1.807, 2.05) is 4.90 Å². The standard InChI is InChI=1S/C14H25NO2/c1-11-9-15(10-12(11)2)13(16)8-14(17)6-4-3-5-7-14/h11-12,17H,3-10H2,1-2H3. The lowest BCUT2D eigenvalue weighted by atomic mass is 9.82. The Morgan fingerprint density at radius 3 is 2.24 bits per heavy atom. The van der Waals surface area contributed by atoms with Crippen molar-refractivity contribution in [2.45, 2.75) is 58.0 Å². The molecular weight excluding hydrogens is 214 g/mol. The number of carbonyl (C=O) groups excluding carboxylic acids is 1. The van der Waals surface area contributed by atoms with E-state index >= 15 is 0 Å². The molecule has 1 amide bonds. The van der Waals surface area contributed by atoms with E-state index in [1.54, 1.807) is 0 Å². The summed E-state index contributed by atoms with van der Waals surface area (Å²) in [6.45, 7) is 6.15. The fourth-order valence-corrected chi connectivity index (χ4v) is 3.11. The summed E-state index contributed by atoms with van der Waals surface area (Å²) in [4.78, 5) is 14.1. The highest BCUT2D eigenvalue weighted by atomic mass is 16.3. The molecule has 0 spiro atoms. The van der Waals surface area contributed by atoms with Crippen LogP contribution in [0.25, 0.3) is 0 Å². The van der Waals surface area contributed by atoms with Crippen molar-refractivity contribution in [3.8, 4) is 0 Å². The Balaban J connectivity index is 1.88. The Labute approximate surface area is 104 Å². The molecule has 3 nitrogen and oxygen atoms in total. The zero-order valence-corrected chi connectivity index (χ0v) is 11.1. The van der Waals surface area contributed by atoms with E-state index in [0.29, 0.717) is 18.3 Å². The molecule has 1 N–H and O–H groups in total. The maximum absolute atomic E-state index is 12.2. The molecule has 2 aliphatic rings. The molecule has 1 aliphatic carbocycles. The minimum atomic E-state index is -0.704. The Bertz CT molecular complexity index is 274. The van der Waals surface area contributed by atoms with Gasteiger partial charge in [0.2, 0.25) is 5.91 Å². The van der Waals surface area contributed by atoms with Gasteiger partial charge in [0.25, 0.3) is 0 Å². The SMILES string of the molecule is CC1CN(C(=O)CC2(O)CCCCC2)CC1C. The van der Waals surface area contributed by atoms with Gasteiger partial charge in [0.1, 0.15) is 0 Å². The minimum absolute atomic E-state index is 0.158. The second-order valence-corrected chi connectivity index (χ2v) is 6.22. The fraction of sp³-hybridized carbons (Fsp3) is 0.929. The van der Waals surface area contributed by atoms with Crippen LogP contribution in [0.1, 0.15) is 52.4 Å². The summed E-state index contributed by atoms with van der Waals surface area (Å²) < 4.78 is 0. The first kappa shape index (κ1) is 12.9. The molecule has 3 heteroatoms. The lowest BCUT2D eigenvalue weighted by Gasteiger charge is -2.32. The van der Waals surface area contributed by atoms with Crippen LogP contribution in [0.2, 0.25) is 0 Å². The summed E-state index contributed by atoms with van der Waals surface area (Å²) in [5.41, 5.74) is -0.704. The highest BCUT2D eigenvalue weighted by Gasteiger charge is 2.36. The van der Waals surface area contributed by atoms with Gasteiger partial charge in [-0.1, -0.05) is 33.1 Å². The zero-order chi connectivity index (χ0) is 12.5. The van der Waals surface area contributed by atoms with Crippen molar-refractivity contribution in [3.63, 3.8) is 0 Å². The van der Waals surface area contributed by atoms with Crippen LogP contribution in [0.4, 0.5) is 0 Å². The van der Waals surface area contributed by atoms with Gasteiger partial charge in [-0.2, -0.15) is 0 Å². The zero-order valence-electron chi connectivity index (χ0n) is 11.1. The topological polar surface area (TPSA) is 40.5 Å². The molecule has 1 saturated carbocycles. The molecule has 1 aliphatic heterocycles. The Morgan fingerprint density at radius 1 is 1.18 bits per heavy atom. The van der Waals surface area contributed by atoms with E-state index < -0.39 is 5.60 Å². The summed E-state index contributed by atoms with van der Waals surface area (Å²) in [7, 11) is 0. The molecule has 17 heavy (non-hydrogen) atoms. The first-order valence-electron chi connectivity index (χ1n) is 7.00. The maximum Gasteiger partial charge on any atom is 0.225 e. The molecule has 0 aromatic heterocycles. The van der Waals surface area contributed by atoms with Crippen LogP contribution in [0, 0.1) is 11.8 Å². The molecule has 2 atom stereocenters. The van der Waals surface area contributed by atoms with E-state index in [4.69, 9.17) is 0 Å². The summed E-state index contributed by atoms with van der Waals surface area (Å²) in [5.74, 6) is 1.35. The highest BCUT2D eigenvalue weighted by molar-refractivity contribution is 5.77. The predicted octanol–water partition coefficient (Wildman–Crippen LogP) is 2.19. The van der Waals surface area contributed by atoms with Crippen LogP contribution in [-0.4, -0.2) is 34.6 Å². The van der Waals surface area contributed by atoms with Crippen molar-refractivity contribution in [1.82, 2.24) is 4.90 Å². The molecule has 0 radical (unpaired) electrons. The van der Waals surface area contributed by atoms with Crippen LogP contribution in [0.5, 0.6) is 0 Å². The Kier molecular flexibility index (Phi) is 3.76. The van der Waals surface area contributed by atoms with Gasteiger partial charge in [-0.05, 0) is 24.7 Å². The van der Waals surface area contributed by atoms with Gasteiger partial charge in [-0.15, -0.1) is 0 Å². The van der Waals surface area contributed by atoms with Crippen molar-refractivity contribution >= 4 is 5.91 Å². The fourth-order valence-electron chi connectivity index (χ4n) is 3.11. The largest absolute Gasteiger partial charge is 0.389 e. The van der Waals surface area contributed by atoms with E-state index in [1.165, 1.54) is 6.42 Å². The van der Waals surface area contributed by atoms with E-state index in [2.05, 4.69) is 13.8 Å². The molecular formula is C14H25NO2. The quantitative estimate of drug-likeness (QED) is 0.802. The van der Waals surface area contributed by atoms with Gasteiger partial charge >= 0.3 is 0 Å². The number of nitrogens with zero attached hydrogens (tertiary/aromatic N) is 1. The molecule has 98 valence electrons. The van der Waals surface area contributed by atoms with E-state index in [-0.39, 0.29) is 5.91 Å². The normalized spacial score (nSPS) is 32.8. The number of rotatable bonds is 2. The molecule has 2 fully saturated rings. The third kappa shape index (κ3) is 3.01. The predicted molar refractivity (Wildman–Crippen MR) is 67.6 cm³/mol. The van der Waals surface area contributed by atoms with Crippen molar-refractivity contribution < 1.29 is 9.90 Å². The average molecular weight is 239 g/mol. The van der Waals surface area contributed by atoms with E-state index in [9.17, 15) is 9.90 Å². The minimum Gasteiger partial charge on any atom is -0.389 e. The Morgan fingerprint density at radius 2 is 1.71 bits per heavy atom. The molecule has 0 bridgehead atoms. The van der Waals surface area contributed by atoms with Crippen molar-refractivity contribution in [1.29, 1.82) is 0 Å².